The Hall–Kier alpha value is -2.80. The number of carbonyl (C=O) groups is 1. The molecule has 7 heteroatoms. The van der Waals surface area contributed by atoms with Crippen LogP contribution in [0.5, 0.6) is 11.5 Å². The Bertz CT molecular complexity index is 975. The van der Waals surface area contributed by atoms with Gasteiger partial charge in [0.15, 0.2) is 11.5 Å². The van der Waals surface area contributed by atoms with Gasteiger partial charge in [0.25, 0.3) is 5.91 Å². The van der Waals surface area contributed by atoms with Gasteiger partial charge in [-0.1, -0.05) is 6.07 Å². The number of ether oxygens (including phenoxy) is 2. The number of hydrogen-bond donors (Lipinski definition) is 1. The highest BCUT2D eigenvalue weighted by molar-refractivity contribution is 7.09. The number of methoxy groups -OCH3 is 2. The van der Waals surface area contributed by atoms with E-state index in [9.17, 15) is 4.79 Å². The van der Waals surface area contributed by atoms with E-state index in [0.29, 0.717) is 23.6 Å². The molecule has 0 unspecified atom stereocenters. The highest BCUT2D eigenvalue weighted by Gasteiger charge is 2.18. The molecule has 2 aromatic heterocycles. The zero-order chi connectivity index (χ0) is 19.6. The fourth-order valence-electron chi connectivity index (χ4n) is 3.15. The van der Waals surface area contributed by atoms with Crippen molar-refractivity contribution in [2.75, 3.05) is 14.2 Å². The summed E-state index contributed by atoms with van der Waals surface area (Å²) < 4.78 is 12.8. The Balaban J connectivity index is 1.93. The zero-order valence-corrected chi connectivity index (χ0v) is 16.7. The number of hydrogen-bond acceptors (Lipinski definition) is 5. The summed E-state index contributed by atoms with van der Waals surface area (Å²) in [6, 6.07) is 7.72. The van der Waals surface area contributed by atoms with Gasteiger partial charge >= 0.3 is 0 Å². The lowest BCUT2D eigenvalue weighted by Gasteiger charge is -2.13. The first kappa shape index (κ1) is 19.0. The fourth-order valence-corrected chi connectivity index (χ4v) is 3.76. The van der Waals surface area contributed by atoms with Gasteiger partial charge in [-0.15, -0.1) is 11.3 Å². The van der Waals surface area contributed by atoms with Gasteiger partial charge in [-0.3, -0.25) is 4.79 Å². The average Bonchev–Trinajstić information content (AvgIpc) is 3.22. The lowest BCUT2D eigenvalue weighted by molar-refractivity contribution is 0.0999. The zero-order valence-electron chi connectivity index (χ0n) is 15.9. The number of aryl methyl sites for hydroxylation is 2. The number of benzene rings is 1. The van der Waals surface area contributed by atoms with Gasteiger partial charge in [-0.05, 0) is 44.0 Å². The molecule has 2 heterocycles. The van der Waals surface area contributed by atoms with Crippen molar-refractivity contribution in [3.63, 3.8) is 0 Å². The summed E-state index contributed by atoms with van der Waals surface area (Å²) in [5, 5.41) is 2.98. The number of nitrogens with zero attached hydrogens (tertiary/aromatic N) is 2. The minimum Gasteiger partial charge on any atom is -0.493 e. The Morgan fingerprint density at radius 2 is 1.93 bits per heavy atom. The van der Waals surface area contributed by atoms with Gasteiger partial charge in [-0.25, -0.2) is 4.98 Å². The fraction of sp³-hybridized carbons (Fsp3) is 0.300. The van der Waals surface area contributed by atoms with Gasteiger partial charge in [0.1, 0.15) is 0 Å². The number of rotatable bonds is 7. The van der Waals surface area contributed by atoms with Crippen LogP contribution in [0.25, 0.3) is 11.4 Å². The minimum absolute atomic E-state index is 0.425. The van der Waals surface area contributed by atoms with Gasteiger partial charge in [-0.2, -0.15) is 0 Å². The van der Waals surface area contributed by atoms with E-state index < -0.39 is 5.91 Å². The molecule has 1 aromatic carbocycles. The summed E-state index contributed by atoms with van der Waals surface area (Å²) in [4.78, 5) is 16.4. The number of amides is 1. The monoisotopic (exact) mass is 385 g/mol. The number of aromatic nitrogens is 2. The SMILES string of the molecule is COc1ccc(CCn2c(-c3csc(C)n3)cc(C(N)=O)c2C)cc1OC. The normalized spacial score (nSPS) is 10.8. The second-order valence-electron chi connectivity index (χ2n) is 6.24. The molecule has 0 bridgehead atoms. The predicted molar refractivity (Wildman–Crippen MR) is 107 cm³/mol. The van der Waals surface area contributed by atoms with Crippen LogP contribution in [-0.4, -0.2) is 29.7 Å². The molecule has 2 N–H and O–H groups in total. The molecule has 0 radical (unpaired) electrons. The summed E-state index contributed by atoms with van der Waals surface area (Å²) >= 11 is 1.58. The van der Waals surface area contributed by atoms with Crippen molar-refractivity contribution >= 4 is 17.2 Å². The van der Waals surface area contributed by atoms with Crippen LogP contribution in [0.4, 0.5) is 0 Å². The van der Waals surface area contributed by atoms with E-state index in [0.717, 1.165) is 34.1 Å². The van der Waals surface area contributed by atoms with Crippen molar-refractivity contribution in [1.29, 1.82) is 0 Å². The first-order chi connectivity index (χ1) is 12.9. The van der Waals surface area contributed by atoms with Crippen molar-refractivity contribution < 1.29 is 14.3 Å². The minimum atomic E-state index is -0.425. The first-order valence-electron chi connectivity index (χ1n) is 8.58. The maximum atomic E-state index is 11.8. The van der Waals surface area contributed by atoms with Crippen LogP contribution < -0.4 is 15.2 Å². The van der Waals surface area contributed by atoms with Gasteiger partial charge in [0.05, 0.1) is 36.2 Å². The molecule has 3 aromatic rings. The molecular weight excluding hydrogens is 362 g/mol. The van der Waals surface area contributed by atoms with Gasteiger partial charge < -0.3 is 19.8 Å². The van der Waals surface area contributed by atoms with E-state index in [1.165, 1.54) is 0 Å². The maximum Gasteiger partial charge on any atom is 0.250 e. The number of carbonyl (C=O) groups excluding carboxylic acids is 1. The van der Waals surface area contributed by atoms with E-state index in [2.05, 4.69) is 9.55 Å². The van der Waals surface area contributed by atoms with E-state index in [4.69, 9.17) is 15.2 Å². The molecule has 142 valence electrons. The Morgan fingerprint density at radius 3 is 2.52 bits per heavy atom. The van der Waals surface area contributed by atoms with Crippen LogP contribution >= 0.6 is 11.3 Å². The van der Waals surface area contributed by atoms with E-state index in [1.54, 1.807) is 25.6 Å². The molecule has 0 saturated carbocycles. The number of primary amides is 1. The molecule has 3 rings (SSSR count). The highest BCUT2D eigenvalue weighted by atomic mass is 32.1. The predicted octanol–water partition coefficient (Wildman–Crippen LogP) is 3.59. The molecule has 0 fully saturated rings. The third kappa shape index (κ3) is 3.83. The number of thiazole rings is 1. The molecule has 0 spiro atoms. The Morgan fingerprint density at radius 1 is 1.19 bits per heavy atom. The summed E-state index contributed by atoms with van der Waals surface area (Å²) in [7, 11) is 3.24. The molecule has 0 saturated heterocycles. The first-order valence-corrected chi connectivity index (χ1v) is 9.46. The summed E-state index contributed by atoms with van der Waals surface area (Å²) in [5.41, 5.74) is 9.82. The second-order valence-corrected chi connectivity index (χ2v) is 7.30. The van der Waals surface area contributed by atoms with E-state index in [-0.39, 0.29) is 0 Å². The molecule has 0 aliphatic heterocycles. The largest absolute Gasteiger partial charge is 0.493 e. The Labute approximate surface area is 162 Å². The van der Waals surface area contributed by atoms with Crippen molar-refractivity contribution in [3.05, 3.63) is 51.5 Å². The number of nitrogens with two attached hydrogens (primary N) is 1. The molecule has 0 aliphatic carbocycles. The van der Waals surface area contributed by atoms with Crippen LogP contribution in [0.2, 0.25) is 0 Å². The van der Waals surface area contributed by atoms with Gasteiger partial charge in [0, 0.05) is 17.6 Å². The summed E-state index contributed by atoms with van der Waals surface area (Å²) in [6.45, 7) is 4.57. The van der Waals surface area contributed by atoms with Crippen molar-refractivity contribution in [2.45, 2.75) is 26.8 Å². The average molecular weight is 385 g/mol. The van der Waals surface area contributed by atoms with Crippen LogP contribution in [0, 0.1) is 13.8 Å². The summed E-state index contributed by atoms with van der Waals surface area (Å²) in [5.74, 6) is 0.978. The van der Waals surface area contributed by atoms with Crippen LogP contribution in [0.1, 0.15) is 26.6 Å². The molecule has 27 heavy (non-hydrogen) atoms. The quantitative estimate of drug-likeness (QED) is 0.674. The van der Waals surface area contributed by atoms with Gasteiger partial charge in [0.2, 0.25) is 0 Å². The molecule has 6 nitrogen and oxygen atoms in total. The lowest BCUT2D eigenvalue weighted by atomic mass is 10.1. The van der Waals surface area contributed by atoms with Crippen LogP contribution in [-0.2, 0) is 13.0 Å². The Kier molecular flexibility index (Phi) is 5.51. The van der Waals surface area contributed by atoms with E-state index >= 15 is 0 Å². The molecule has 0 aliphatic rings. The maximum absolute atomic E-state index is 11.8. The summed E-state index contributed by atoms with van der Waals surface area (Å²) in [6.07, 6.45) is 0.768. The van der Waals surface area contributed by atoms with Crippen LogP contribution in [0.3, 0.4) is 0 Å². The topological polar surface area (TPSA) is 79.4 Å². The van der Waals surface area contributed by atoms with Crippen molar-refractivity contribution in [3.8, 4) is 22.9 Å². The van der Waals surface area contributed by atoms with Crippen molar-refractivity contribution in [1.82, 2.24) is 9.55 Å². The van der Waals surface area contributed by atoms with Crippen LogP contribution in [0.15, 0.2) is 29.6 Å². The van der Waals surface area contributed by atoms with E-state index in [1.807, 2.05) is 43.5 Å². The highest BCUT2D eigenvalue weighted by Crippen LogP contribution is 2.30. The van der Waals surface area contributed by atoms with Crippen molar-refractivity contribution in [2.24, 2.45) is 5.73 Å². The second kappa shape index (κ2) is 7.84. The third-order valence-corrected chi connectivity index (χ3v) is 5.36. The molecule has 1 amide bonds. The standard InChI is InChI=1S/C20H23N3O3S/c1-12-15(20(21)24)10-17(16-11-27-13(2)22-16)23(12)8-7-14-5-6-18(25-3)19(9-14)26-4/h5-6,9-11H,7-8H2,1-4H3,(H2,21,24). The molecular formula is C20H23N3O3S. The molecule has 0 atom stereocenters. The third-order valence-electron chi connectivity index (χ3n) is 4.59. The lowest BCUT2D eigenvalue weighted by Crippen LogP contribution is -2.13. The smallest absolute Gasteiger partial charge is 0.250 e.